The molecule has 31 heavy (non-hydrogen) atoms. The molecular formula is C21H26N4O4S2. The standard InChI is InChI=1S/C20H23N4S.CH4O4S/c1-15-16(2)25-20(24(15)4)22-21-18-10-12-19(13-11-18)23(3)14-17-8-6-5-7-9-17;1-5-6(2,3)4/h5-13H,14H2,1-4H3;1H3,(H,2,3,4)/q+1;/p-1. The molecule has 0 atom stereocenters. The van der Waals surface area contributed by atoms with Crippen LogP contribution in [0.3, 0.4) is 0 Å². The zero-order valence-corrected chi connectivity index (χ0v) is 19.8. The molecule has 0 saturated carbocycles. The maximum atomic E-state index is 9.22. The van der Waals surface area contributed by atoms with E-state index in [4.69, 9.17) is 0 Å². The Balaban J connectivity index is 0.000000501. The molecule has 0 aliphatic carbocycles. The minimum Gasteiger partial charge on any atom is -0.726 e. The van der Waals surface area contributed by atoms with Crippen LogP contribution in [0.2, 0.25) is 0 Å². The number of azo groups is 1. The van der Waals surface area contributed by atoms with Gasteiger partial charge in [0.2, 0.25) is 10.4 Å². The van der Waals surface area contributed by atoms with E-state index in [1.165, 1.54) is 16.1 Å². The molecule has 8 nitrogen and oxygen atoms in total. The van der Waals surface area contributed by atoms with Crippen LogP contribution in [0.5, 0.6) is 0 Å². The Labute approximate surface area is 187 Å². The largest absolute Gasteiger partial charge is 0.726 e. The molecule has 0 bridgehead atoms. The van der Waals surface area contributed by atoms with E-state index in [-0.39, 0.29) is 0 Å². The van der Waals surface area contributed by atoms with Crippen molar-refractivity contribution < 1.29 is 21.7 Å². The van der Waals surface area contributed by atoms with E-state index in [9.17, 15) is 13.0 Å². The monoisotopic (exact) mass is 462 g/mol. The Morgan fingerprint density at radius 2 is 1.65 bits per heavy atom. The summed E-state index contributed by atoms with van der Waals surface area (Å²) in [7, 11) is 0.516. The van der Waals surface area contributed by atoms with Crippen molar-refractivity contribution in [3.63, 3.8) is 0 Å². The number of hydrogen-bond donors (Lipinski definition) is 0. The summed E-state index contributed by atoms with van der Waals surface area (Å²) in [6, 6.07) is 18.7. The molecule has 1 aromatic heterocycles. The molecule has 0 aliphatic heterocycles. The van der Waals surface area contributed by atoms with Crippen LogP contribution in [0.1, 0.15) is 16.1 Å². The van der Waals surface area contributed by atoms with Crippen molar-refractivity contribution in [1.82, 2.24) is 0 Å². The van der Waals surface area contributed by atoms with Crippen LogP contribution in [0.25, 0.3) is 0 Å². The molecule has 0 spiro atoms. The zero-order valence-electron chi connectivity index (χ0n) is 18.1. The number of nitrogens with zero attached hydrogens (tertiary/aromatic N) is 4. The number of benzene rings is 2. The molecule has 0 amide bonds. The molecule has 0 radical (unpaired) electrons. The van der Waals surface area contributed by atoms with E-state index in [1.807, 2.05) is 25.2 Å². The number of thiazole rings is 1. The highest BCUT2D eigenvalue weighted by Crippen LogP contribution is 2.25. The Morgan fingerprint density at radius 3 is 2.13 bits per heavy atom. The maximum Gasteiger partial charge on any atom is 0.408 e. The van der Waals surface area contributed by atoms with Crippen LogP contribution in [0.15, 0.2) is 64.8 Å². The van der Waals surface area contributed by atoms with Crippen LogP contribution in [-0.2, 0) is 28.2 Å². The van der Waals surface area contributed by atoms with Gasteiger partial charge in [0.15, 0.2) is 0 Å². The van der Waals surface area contributed by atoms with Gasteiger partial charge in [-0.15, -0.1) is 0 Å². The van der Waals surface area contributed by atoms with Gasteiger partial charge in [0.25, 0.3) is 0 Å². The number of aryl methyl sites for hydroxylation is 1. The second kappa shape index (κ2) is 11.1. The average Bonchev–Trinajstić information content (AvgIpc) is 3.00. The van der Waals surface area contributed by atoms with Crippen molar-refractivity contribution in [3.8, 4) is 0 Å². The SMILES string of the molecule is COS(=O)(=O)[O-].Cc1sc(N=Nc2ccc(N(C)Cc3ccccc3)cc2)[n+](C)c1C. The molecular weight excluding hydrogens is 436 g/mol. The van der Waals surface area contributed by atoms with Crippen molar-refractivity contribution in [2.75, 3.05) is 19.1 Å². The lowest BCUT2D eigenvalue weighted by atomic mass is 10.2. The molecule has 0 saturated heterocycles. The van der Waals surface area contributed by atoms with Gasteiger partial charge in [-0.2, -0.15) is 0 Å². The van der Waals surface area contributed by atoms with Crippen molar-refractivity contribution in [2.24, 2.45) is 17.3 Å². The van der Waals surface area contributed by atoms with Crippen molar-refractivity contribution in [1.29, 1.82) is 0 Å². The predicted octanol–water partition coefficient (Wildman–Crippen LogP) is 4.33. The van der Waals surface area contributed by atoms with Crippen LogP contribution >= 0.6 is 11.3 Å². The summed E-state index contributed by atoms with van der Waals surface area (Å²) in [4.78, 5) is 3.50. The van der Waals surface area contributed by atoms with Gasteiger partial charge in [0.1, 0.15) is 11.4 Å². The quantitative estimate of drug-likeness (QED) is 0.235. The molecule has 3 rings (SSSR count). The lowest BCUT2D eigenvalue weighted by Crippen LogP contribution is -2.28. The van der Waals surface area contributed by atoms with Gasteiger partial charge in [0, 0.05) is 19.3 Å². The molecule has 0 N–H and O–H groups in total. The maximum absolute atomic E-state index is 9.22. The third kappa shape index (κ3) is 7.83. The first-order valence-corrected chi connectivity index (χ1v) is 11.5. The van der Waals surface area contributed by atoms with Gasteiger partial charge in [-0.1, -0.05) is 30.3 Å². The summed E-state index contributed by atoms with van der Waals surface area (Å²) in [5.74, 6) is 0. The highest BCUT2D eigenvalue weighted by molar-refractivity contribution is 7.80. The van der Waals surface area contributed by atoms with E-state index in [1.54, 1.807) is 11.3 Å². The number of aromatic nitrogens is 1. The summed E-state index contributed by atoms with van der Waals surface area (Å²) >= 11 is 1.66. The highest BCUT2D eigenvalue weighted by atomic mass is 32.3. The first-order valence-electron chi connectivity index (χ1n) is 9.35. The molecule has 0 aliphatic rings. The predicted molar refractivity (Wildman–Crippen MR) is 121 cm³/mol. The third-order valence-corrected chi connectivity index (χ3v) is 6.10. The molecule has 3 aromatic rings. The van der Waals surface area contributed by atoms with E-state index < -0.39 is 10.4 Å². The van der Waals surface area contributed by atoms with Gasteiger partial charge in [-0.25, -0.2) is 13.0 Å². The number of rotatable bonds is 6. The highest BCUT2D eigenvalue weighted by Gasteiger charge is 2.15. The summed E-state index contributed by atoms with van der Waals surface area (Å²) in [5, 5.41) is 9.68. The Bertz CT molecular complexity index is 1110. The van der Waals surface area contributed by atoms with Gasteiger partial charge in [-0.3, -0.25) is 4.18 Å². The van der Waals surface area contributed by atoms with Gasteiger partial charge >= 0.3 is 5.13 Å². The van der Waals surface area contributed by atoms with Crippen LogP contribution in [-0.4, -0.2) is 27.1 Å². The summed E-state index contributed by atoms with van der Waals surface area (Å²) in [6.45, 7) is 5.09. The fraction of sp³-hybridized carbons (Fsp3) is 0.286. The van der Waals surface area contributed by atoms with E-state index in [2.05, 4.69) is 81.2 Å². The van der Waals surface area contributed by atoms with E-state index >= 15 is 0 Å². The molecule has 10 heteroatoms. The van der Waals surface area contributed by atoms with Crippen molar-refractivity contribution in [3.05, 3.63) is 70.7 Å². The Morgan fingerprint density at radius 1 is 1.06 bits per heavy atom. The lowest BCUT2D eigenvalue weighted by Gasteiger charge is -2.19. The Kier molecular flexibility index (Phi) is 8.81. The van der Waals surface area contributed by atoms with Gasteiger partial charge < -0.3 is 9.45 Å². The average molecular weight is 463 g/mol. The first kappa shape index (κ1) is 24.6. The molecule has 0 fully saturated rings. The summed E-state index contributed by atoms with van der Waals surface area (Å²) in [6.07, 6.45) is 0. The minimum absolute atomic E-state index is 0.808. The zero-order chi connectivity index (χ0) is 23.0. The van der Waals surface area contributed by atoms with Crippen LogP contribution in [0.4, 0.5) is 16.5 Å². The minimum atomic E-state index is -4.41. The van der Waals surface area contributed by atoms with E-state index in [0.29, 0.717) is 0 Å². The van der Waals surface area contributed by atoms with E-state index in [0.717, 1.165) is 30.2 Å². The topological polar surface area (TPSA) is 98.3 Å². The molecule has 2 aromatic carbocycles. The second-order valence-corrected chi connectivity index (χ2v) is 9.05. The summed E-state index contributed by atoms with van der Waals surface area (Å²) < 4.78 is 33.1. The molecule has 166 valence electrons. The lowest BCUT2D eigenvalue weighted by molar-refractivity contribution is -0.660. The summed E-state index contributed by atoms with van der Waals surface area (Å²) in [5.41, 5.74) is 4.55. The van der Waals surface area contributed by atoms with Gasteiger partial charge in [-0.05, 0) is 60.1 Å². The molecule has 0 unspecified atom stereocenters. The normalized spacial score (nSPS) is 11.3. The first-order chi connectivity index (χ1) is 14.6. The number of anilines is 1. The smallest absolute Gasteiger partial charge is 0.408 e. The fourth-order valence-electron chi connectivity index (χ4n) is 2.57. The van der Waals surface area contributed by atoms with Crippen LogP contribution in [0, 0.1) is 13.8 Å². The molecule has 1 heterocycles. The van der Waals surface area contributed by atoms with Crippen molar-refractivity contribution >= 4 is 38.2 Å². The van der Waals surface area contributed by atoms with Crippen LogP contribution < -0.4 is 9.47 Å². The Hall–Kier alpha value is -2.66. The fourth-order valence-corrected chi connectivity index (χ4v) is 3.48. The number of hydrogen-bond acceptors (Lipinski definition) is 8. The van der Waals surface area contributed by atoms with Gasteiger partial charge in [0.05, 0.1) is 24.1 Å². The van der Waals surface area contributed by atoms with Crippen molar-refractivity contribution in [2.45, 2.75) is 20.4 Å². The second-order valence-electron chi connectivity index (χ2n) is 6.72. The third-order valence-electron chi connectivity index (χ3n) is 4.55.